The number of para-hydroxylation sites is 1. The number of rotatable bonds is 6. The van der Waals surface area contributed by atoms with Gasteiger partial charge in [-0.15, -0.1) is 0 Å². The van der Waals surface area contributed by atoms with E-state index in [1.54, 1.807) is 6.92 Å². The van der Waals surface area contributed by atoms with Crippen molar-refractivity contribution in [2.24, 2.45) is 0 Å². The van der Waals surface area contributed by atoms with Crippen LogP contribution in [0.1, 0.15) is 25.3 Å². The van der Waals surface area contributed by atoms with E-state index in [-0.39, 0.29) is 12.2 Å². The van der Waals surface area contributed by atoms with Gasteiger partial charge in [0.15, 0.2) is 0 Å². The van der Waals surface area contributed by atoms with Crippen LogP contribution in [-0.2, 0) is 4.74 Å². The van der Waals surface area contributed by atoms with Crippen LogP contribution >= 0.6 is 0 Å². The summed E-state index contributed by atoms with van der Waals surface area (Å²) in [7, 11) is 0. The number of amides is 1. The molecule has 2 N–H and O–H groups in total. The standard InChI is InChI=1S/C15H18F6N2O2/c1-3-4-9-25-12(24)23-13(14(16,17)18,15(19,20)21)22-11-8-6-5-7-10(11)2/h5-8,22H,3-4,9H2,1-2H3,(H,23,24). The molecule has 0 radical (unpaired) electrons. The summed E-state index contributed by atoms with van der Waals surface area (Å²) in [6, 6.07) is 5.10. The van der Waals surface area contributed by atoms with Gasteiger partial charge in [0, 0.05) is 5.69 Å². The number of carbonyl (C=O) groups excluding carboxylic acids is 1. The molecule has 0 aliphatic rings. The highest BCUT2D eigenvalue weighted by Gasteiger charge is 2.73. The van der Waals surface area contributed by atoms with E-state index in [1.165, 1.54) is 30.4 Å². The Hall–Kier alpha value is -2.13. The van der Waals surface area contributed by atoms with Gasteiger partial charge in [0.2, 0.25) is 0 Å². The predicted octanol–water partition coefficient (Wildman–Crippen LogP) is 4.75. The molecule has 0 fully saturated rings. The van der Waals surface area contributed by atoms with Gasteiger partial charge < -0.3 is 10.1 Å². The summed E-state index contributed by atoms with van der Waals surface area (Å²) in [5.41, 5.74) is -4.97. The summed E-state index contributed by atoms with van der Waals surface area (Å²) in [6.07, 6.45) is -12.7. The quantitative estimate of drug-likeness (QED) is 0.430. The maximum atomic E-state index is 13.4. The van der Waals surface area contributed by atoms with Gasteiger partial charge in [0.05, 0.1) is 6.61 Å². The monoisotopic (exact) mass is 372 g/mol. The molecule has 0 aliphatic carbocycles. The normalized spacial score (nSPS) is 12.6. The number of alkyl halides is 6. The molecule has 1 aromatic rings. The summed E-state index contributed by atoms with van der Waals surface area (Å²) < 4.78 is 84.7. The lowest BCUT2D eigenvalue weighted by atomic mass is 10.1. The van der Waals surface area contributed by atoms with Crippen LogP contribution in [-0.4, -0.2) is 30.7 Å². The van der Waals surface area contributed by atoms with Crippen molar-refractivity contribution in [2.75, 3.05) is 11.9 Å². The number of unbranched alkanes of at least 4 members (excludes halogenated alkanes) is 1. The molecule has 0 aliphatic heterocycles. The zero-order valence-corrected chi connectivity index (χ0v) is 13.5. The lowest BCUT2D eigenvalue weighted by Crippen LogP contribution is -2.72. The van der Waals surface area contributed by atoms with E-state index in [2.05, 4.69) is 4.74 Å². The second-order valence-corrected chi connectivity index (χ2v) is 5.30. The lowest BCUT2D eigenvalue weighted by Gasteiger charge is -2.38. The number of halogens is 6. The first-order valence-corrected chi connectivity index (χ1v) is 7.37. The molecule has 25 heavy (non-hydrogen) atoms. The van der Waals surface area contributed by atoms with Gasteiger partial charge in [-0.25, -0.2) is 4.79 Å². The molecular weight excluding hydrogens is 354 g/mol. The summed E-state index contributed by atoms with van der Waals surface area (Å²) in [4.78, 5) is 11.5. The highest BCUT2D eigenvalue weighted by molar-refractivity contribution is 5.70. The maximum Gasteiger partial charge on any atom is 0.439 e. The number of benzene rings is 1. The number of aryl methyl sites for hydroxylation is 1. The Labute approximate surface area is 140 Å². The number of nitrogens with one attached hydrogen (secondary N) is 2. The average Bonchev–Trinajstić information content (AvgIpc) is 2.46. The van der Waals surface area contributed by atoms with Crippen LogP contribution in [0.25, 0.3) is 0 Å². The van der Waals surface area contributed by atoms with E-state index in [4.69, 9.17) is 0 Å². The predicted molar refractivity (Wildman–Crippen MR) is 79.0 cm³/mol. The molecule has 0 unspecified atom stereocenters. The Balaban J connectivity index is 3.25. The number of ether oxygens (including phenoxy) is 1. The molecular formula is C15H18F6N2O2. The molecule has 0 saturated heterocycles. The van der Waals surface area contributed by atoms with Crippen molar-refractivity contribution in [3.8, 4) is 0 Å². The van der Waals surface area contributed by atoms with Crippen molar-refractivity contribution in [2.45, 2.75) is 44.7 Å². The molecule has 10 heteroatoms. The minimum absolute atomic E-state index is 0.140. The highest BCUT2D eigenvalue weighted by atomic mass is 19.4. The molecule has 1 rings (SSSR count). The van der Waals surface area contributed by atoms with E-state index >= 15 is 0 Å². The topological polar surface area (TPSA) is 50.4 Å². The van der Waals surface area contributed by atoms with Gasteiger partial charge in [0.1, 0.15) is 0 Å². The van der Waals surface area contributed by atoms with Gasteiger partial charge in [-0.3, -0.25) is 5.32 Å². The van der Waals surface area contributed by atoms with Gasteiger partial charge >= 0.3 is 24.1 Å². The first-order chi connectivity index (χ1) is 11.4. The largest absolute Gasteiger partial charge is 0.450 e. The van der Waals surface area contributed by atoms with Gasteiger partial charge in [-0.2, -0.15) is 26.3 Å². The van der Waals surface area contributed by atoms with Crippen LogP contribution < -0.4 is 10.6 Å². The number of hydrogen-bond donors (Lipinski definition) is 2. The first kappa shape index (κ1) is 20.9. The minimum atomic E-state index is -5.88. The molecule has 142 valence electrons. The zero-order chi connectivity index (χ0) is 19.3. The molecule has 0 heterocycles. The third-order valence-corrected chi connectivity index (χ3v) is 3.34. The summed E-state index contributed by atoms with van der Waals surface area (Å²) in [5, 5.41) is 2.32. The van der Waals surface area contributed by atoms with Crippen LogP contribution in [0.3, 0.4) is 0 Å². The highest BCUT2D eigenvalue weighted by Crippen LogP contribution is 2.44. The lowest BCUT2D eigenvalue weighted by molar-refractivity contribution is -0.294. The van der Waals surface area contributed by atoms with Crippen molar-refractivity contribution in [1.29, 1.82) is 0 Å². The van der Waals surface area contributed by atoms with Gasteiger partial charge in [0.25, 0.3) is 0 Å². The van der Waals surface area contributed by atoms with E-state index in [1.807, 2.05) is 0 Å². The van der Waals surface area contributed by atoms with Crippen LogP contribution in [0.5, 0.6) is 0 Å². The molecule has 0 atom stereocenters. The fourth-order valence-corrected chi connectivity index (χ4v) is 1.89. The van der Waals surface area contributed by atoms with Crippen LogP contribution in [0, 0.1) is 6.92 Å². The number of carbonyl (C=O) groups is 1. The Morgan fingerprint density at radius 3 is 2.12 bits per heavy atom. The SMILES string of the molecule is CCCCOC(=O)NC(Nc1ccccc1C)(C(F)(F)F)C(F)(F)F. The van der Waals surface area contributed by atoms with E-state index in [9.17, 15) is 31.1 Å². The molecule has 0 saturated carbocycles. The Morgan fingerprint density at radius 1 is 1.08 bits per heavy atom. The van der Waals surface area contributed by atoms with Crippen molar-refractivity contribution in [3.63, 3.8) is 0 Å². The molecule has 0 aromatic heterocycles. The number of anilines is 1. The maximum absolute atomic E-state index is 13.4. The fraction of sp³-hybridized carbons (Fsp3) is 0.533. The first-order valence-electron chi connectivity index (χ1n) is 7.37. The second-order valence-electron chi connectivity index (χ2n) is 5.30. The summed E-state index contributed by atoms with van der Waals surface area (Å²) >= 11 is 0. The van der Waals surface area contributed by atoms with E-state index < -0.39 is 29.8 Å². The smallest absolute Gasteiger partial charge is 0.439 e. The average molecular weight is 372 g/mol. The van der Waals surface area contributed by atoms with Gasteiger partial charge in [-0.05, 0) is 25.0 Å². The third-order valence-electron chi connectivity index (χ3n) is 3.34. The van der Waals surface area contributed by atoms with E-state index in [0.717, 1.165) is 11.4 Å². The fourth-order valence-electron chi connectivity index (χ4n) is 1.89. The summed E-state index contributed by atoms with van der Waals surface area (Å²) in [5.74, 6) is 0. The zero-order valence-electron chi connectivity index (χ0n) is 13.5. The second kappa shape index (κ2) is 7.83. The van der Waals surface area contributed by atoms with Crippen molar-refractivity contribution >= 4 is 11.8 Å². The van der Waals surface area contributed by atoms with Crippen molar-refractivity contribution in [3.05, 3.63) is 29.8 Å². The third kappa shape index (κ3) is 4.93. The molecule has 1 amide bonds. The van der Waals surface area contributed by atoms with Crippen LogP contribution in [0.15, 0.2) is 24.3 Å². The van der Waals surface area contributed by atoms with Gasteiger partial charge in [-0.1, -0.05) is 31.5 Å². The van der Waals surface area contributed by atoms with Crippen molar-refractivity contribution < 1.29 is 35.9 Å². The molecule has 1 aromatic carbocycles. The van der Waals surface area contributed by atoms with Crippen molar-refractivity contribution in [1.82, 2.24) is 5.32 Å². The molecule has 4 nitrogen and oxygen atoms in total. The Morgan fingerprint density at radius 2 is 1.64 bits per heavy atom. The Bertz CT molecular complexity index is 572. The minimum Gasteiger partial charge on any atom is -0.450 e. The Kier molecular flexibility index (Phi) is 6.55. The molecule has 0 spiro atoms. The van der Waals surface area contributed by atoms with Crippen LogP contribution in [0.2, 0.25) is 0 Å². The summed E-state index contributed by atoms with van der Waals surface area (Å²) in [6.45, 7) is 2.76. The number of hydrogen-bond acceptors (Lipinski definition) is 3. The van der Waals surface area contributed by atoms with Crippen LogP contribution in [0.4, 0.5) is 36.8 Å². The van der Waals surface area contributed by atoms with E-state index in [0.29, 0.717) is 12.8 Å². The molecule has 0 bridgehead atoms. The number of alkyl carbamates (subject to hydrolysis) is 1.